The first-order chi connectivity index (χ1) is 9.31. The van der Waals surface area contributed by atoms with Crippen molar-refractivity contribution in [3.63, 3.8) is 0 Å². The minimum Gasteiger partial charge on any atom is -0.234 e. The van der Waals surface area contributed by atoms with Crippen molar-refractivity contribution in [3.05, 3.63) is 46.0 Å². The van der Waals surface area contributed by atoms with E-state index in [1.165, 1.54) is 6.07 Å². The lowest BCUT2D eigenvalue weighted by atomic mass is 10.2. The van der Waals surface area contributed by atoms with E-state index in [9.17, 15) is 8.42 Å². The van der Waals surface area contributed by atoms with Crippen LogP contribution in [-0.4, -0.2) is 19.9 Å². The van der Waals surface area contributed by atoms with Crippen molar-refractivity contribution in [2.24, 2.45) is 0 Å². The van der Waals surface area contributed by atoms with Gasteiger partial charge in [-0.2, -0.15) is 0 Å². The van der Waals surface area contributed by atoms with Crippen LogP contribution in [0.2, 0.25) is 5.15 Å². The molecule has 0 aliphatic heterocycles. The summed E-state index contributed by atoms with van der Waals surface area (Å²) in [4.78, 5) is 4.28. The zero-order valence-electron chi connectivity index (χ0n) is 10.7. The summed E-state index contributed by atoms with van der Waals surface area (Å²) in [6.07, 6.45) is 0. The van der Waals surface area contributed by atoms with Crippen LogP contribution >= 0.6 is 27.5 Å². The number of aryl methyl sites for hydroxylation is 1. The van der Waals surface area contributed by atoms with Gasteiger partial charge in [-0.15, -0.1) is 0 Å². The SMILES string of the molecule is C=C(Br)CNS(=O)(=O)c1cccc2cc(C)c(Cl)nc12. The van der Waals surface area contributed by atoms with Crippen LogP contribution in [-0.2, 0) is 10.0 Å². The third-order valence-corrected chi connectivity index (χ3v) is 4.78. The molecule has 0 aliphatic carbocycles. The van der Waals surface area contributed by atoms with Crippen molar-refractivity contribution in [3.8, 4) is 0 Å². The second-order valence-corrected chi connectivity index (χ2v) is 7.48. The molecule has 1 aromatic heterocycles. The van der Waals surface area contributed by atoms with Crippen molar-refractivity contribution >= 4 is 48.5 Å². The Morgan fingerprint density at radius 2 is 2.20 bits per heavy atom. The monoisotopic (exact) mass is 374 g/mol. The lowest BCUT2D eigenvalue weighted by Crippen LogP contribution is -2.25. The summed E-state index contributed by atoms with van der Waals surface area (Å²) in [5.41, 5.74) is 1.16. The molecule has 1 heterocycles. The molecular weight excluding hydrogens is 364 g/mol. The fourth-order valence-corrected chi connectivity index (χ4v) is 3.38. The van der Waals surface area contributed by atoms with Gasteiger partial charge in [0, 0.05) is 16.4 Å². The highest BCUT2D eigenvalue weighted by Gasteiger charge is 2.18. The highest BCUT2D eigenvalue weighted by molar-refractivity contribution is 9.11. The Bertz CT molecular complexity index is 790. The van der Waals surface area contributed by atoms with Crippen LogP contribution < -0.4 is 4.72 Å². The molecule has 1 N–H and O–H groups in total. The molecule has 20 heavy (non-hydrogen) atoms. The van der Waals surface area contributed by atoms with Crippen LogP contribution in [0.3, 0.4) is 0 Å². The van der Waals surface area contributed by atoms with Crippen LogP contribution in [0.4, 0.5) is 0 Å². The molecule has 7 heteroatoms. The van der Waals surface area contributed by atoms with Crippen molar-refractivity contribution in [2.75, 3.05) is 6.54 Å². The first kappa shape index (κ1) is 15.4. The van der Waals surface area contributed by atoms with Crippen LogP contribution in [0, 0.1) is 6.92 Å². The molecule has 2 aromatic rings. The summed E-state index contributed by atoms with van der Waals surface area (Å²) in [6.45, 7) is 5.52. The van der Waals surface area contributed by atoms with Gasteiger partial charge in [0.15, 0.2) is 0 Å². The number of hydrogen-bond acceptors (Lipinski definition) is 3. The number of hydrogen-bond donors (Lipinski definition) is 1. The number of nitrogens with zero attached hydrogens (tertiary/aromatic N) is 1. The molecule has 4 nitrogen and oxygen atoms in total. The van der Waals surface area contributed by atoms with Gasteiger partial charge in [-0.05, 0) is 24.6 Å². The highest BCUT2D eigenvalue weighted by Crippen LogP contribution is 2.25. The summed E-state index contributed by atoms with van der Waals surface area (Å²) >= 11 is 9.10. The van der Waals surface area contributed by atoms with Crippen LogP contribution in [0.1, 0.15) is 5.56 Å². The molecule has 0 unspecified atom stereocenters. The Balaban J connectivity index is 2.60. The van der Waals surface area contributed by atoms with E-state index in [2.05, 4.69) is 32.2 Å². The molecule has 0 saturated carbocycles. The third-order valence-electron chi connectivity index (χ3n) is 2.68. The molecule has 0 bridgehead atoms. The van der Waals surface area contributed by atoms with Crippen molar-refractivity contribution < 1.29 is 8.42 Å². The summed E-state index contributed by atoms with van der Waals surface area (Å²) < 4.78 is 27.6. The smallest absolute Gasteiger partial charge is 0.234 e. The van der Waals surface area contributed by atoms with Gasteiger partial charge < -0.3 is 0 Å². The van der Waals surface area contributed by atoms with Crippen LogP contribution in [0.5, 0.6) is 0 Å². The number of halogens is 2. The number of para-hydroxylation sites is 1. The van der Waals surface area contributed by atoms with Crippen molar-refractivity contribution in [1.82, 2.24) is 9.71 Å². The summed E-state index contributed by atoms with van der Waals surface area (Å²) in [7, 11) is -3.67. The van der Waals surface area contributed by atoms with E-state index in [1.807, 2.05) is 13.0 Å². The number of rotatable bonds is 4. The van der Waals surface area contributed by atoms with Crippen LogP contribution in [0.25, 0.3) is 10.9 Å². The van der Waals surface area contributed by atoms with Gasteiger partial charge in [-0.3, -0.25) is 0 Å². The molecule has 0 atom stereocenters. The Kier molecular flexibility index (Phi) is 4.49. The third kappa shape index (κ3) is 3.20. The average Bonchev–Trinajstić information content (AvgIpc) is 2.37. The van der Waals surface area contributed by atoms with Crippen LogP contribution in [0.15, 0.2) is 40.2 Å². The second kappa shape index (κ2) is 5.81. The maximum atomic E-state index is 12.3. The summed E-state index contributed by atoms with van der Waals surface area (Å²) in [5.74, 6) is 0. The molecule has 0 saturated heterocycles. The average molecular weight is 376 g/mol. The zero-order valence-corrected chi connectivity index (χ0v) is 13.8. The summed E-state index contributed by atoms with van der Waals surface area (Å²) in [6, 6.07) is 6.79. The minimum absolute atomic E-state index is 0.102. The zero-order chi connectivity index (χ0) is 14.9. The van der Waals surface area contributed by atoms with Crippen molar-refractivity contribution in [1.29, 1.82) is 0 Å². The normalized spacial score (nSPS) is 11.8. The molecule has 0 amide bonds. The molecule has 0 radical (unpaired) electrons. The largest absolute Gasteiger partial charge is 0.243 e. The topological polar surface area (TPSA) is 59.1 Å². The number of nitrogens with one attached hydrogen (secondary N) is 1. The first-order valence-electron chi connectivity index (χ1n) is 5.70. The molecule has 106 valence electrons. The predicted octanol–water partition coefficient (Wildman–Crippen LogP) is 3.38. The minimum atomic E-state index is -3.67. The van der Waals surface area contributed by atoms with Gasteiger partial charge in [0.2, 0.25) is 10.0 Å². The number of fused-ring (bicyclic) bond motifs is 1. The van der Waals surface area contributed by atoms with Gasteiger partial charge in [-0.25, -0.2) is 18.1 Å². The van der Waals surface area contributed by atoms with E-state index < -0.39 is 10.0 Å². The maximum absolute atomic E-state index is 12.3. The number of benzene rings is 1. The van der Waals surface area contributed by atoms with E-state index in [4.69, 9.17) is 11.6 Å². The second-order valence-electron chi connectivity index (χ2n) is 4.27. The lowest BCUT2D eigenvalue weighted by Gasteiger charge is -2.09. The van der Waals surface area contributed by atoms with E-state index in [1.54, 1.807) is 12.1 Å². The standard InChI is InChI=1S/C13H12BrClN2O2S/c1-8-6-10-4-3-5-11(12(10)17-13(8)15)20(18,19)16-7-9(2)14/h3-6,16H,2,7H2,1H3. The summed E-state index contributed by atoms with van der Waals surface area (Å²) in [5, 5.41) is 1.03. The molecule has 0 fully saturated rings. The van der Waals surface area contributed by atoms with Gasteiger partial charge in [0.1, 0.15) is 10.0 Å². The molecule has 0 spiro atoms. The van der Waals surface area contributed by atoms with Gasteiger partial charge in [-0.1, -0.05) is 46.2 Å². The Morgan fingerprint density at radius 1 is 1.50 bits per heavy atom. The molecule has 1 aromatic carbocycles. The maximum Gasteiger partial charge on any atom is 0.243 e. The highest BCUT2D eigenvalue weighted by atomic mass is 79.9. The fraction of sp³-hybridized carbons (Fsp3) is 0.154. The van der Waals surface area contributed by atoms with Gasteiger partial charge in [0.25, 0.3) is 0 Å². The lowest BCUT2D eigenvalue weighted by molar-refractivity contribution is 0.586. The predicted molar refractivity (Wildman–Crippen MR) is 84.7 cm³/mol. The van der Waals surface area contributed by atoms with E-state index in [0.29, 0.717) is 15.2 Å². The number of sulfonamides is 1. The molecular formula is C13H12BrClN2O2S. The Morgan fingerprint density at radius 3 is 2.85 bits per heavy atom. The van der Waals surface area contributed by atoms with E-state index in [0.717, 1.165) is 10.9 Å². The van der Waals surface area contributed by atoms with E-state index >= 15 is 0 Å². The van der Waals surface area contributed by atoms with Crippen molar-refractivity contribution in [2.45, 2.75) is 11.8 Å². The quantitative estimate of drug-likeness (QED) is 0.833. The van der Waals surface area contributed by atoms with Gasteiger partial charge >= 0.3 is 0 Å². The number of pyridine rings is 1. The number of aromatic nitrogens is 1. The molecule has 2 rings (SSSR count). The van der Waals surface area contributed by atoms with Gasteiger partial charge in [0.05, 0.1) is 5.52 Å². The molecule has 0 aliphatic rings. The first-order valence-corrected chi connectivity index (χ1v) is 8.35. The Hall–Kier alpha value is -0.950. The van der Waals surface area contributed by atoms with E-state index in [-0.39, 0.29) is 11.4 Å². The Labute approximate surface area is 131 Å². The fourth-order valence-electron chi connectivity index (χ4n) is 1.72.